The van der Waals surface area contributed by atoms with Crippen molar-refractivity contribution in [2.45, 2.75) is 11.4 Å². The highest BCUT2D eigenvalue weighted by atomic mass is 79.9. The van der Waals surface area contributed by atoms with Gasteiger partial charge >= 0.3 is 0 Å². The van der Waals surface area contributed by atoms with Crippen LogP contribution in [0.25, 0.3) is 0 Å². The summed E-state index contributed by atoms with van der Waals surface area (Å²) < 4.78 is 39.5. The van der Waals surface area contributed by atoms with E-state index in [4.69, 9.17) is 5.73 Å². The predicted molar refractivity (Wildman–Crippen MR) is 83.6 cm³/mol. The standard InChI is InChI=1S/C14H14BrFN2O2S/c1-18(9-10-2-4-11(16)5-3-10)21(19,20)14-7-6-12(17)8-13(14)15/h2-8H,9,17H2,1H3. The van der Waals surface area contributed by atoms with Crippen molar-refractivity contribution in [1.82, 2.24) is 4.31 Å². The van der Waals surface area contributed by atoms with Crippen LogP contribution in [0.1, 0.15) is 5.56 Å². The Labute approximate surface area is 131 Å². The van der Waals surface area contributed by atoms with Gasteiger partial charge in [0.05, 0.1) is 4.90 Å². The zero-order valence-electron chi connectivity index (χ0n) is 11.3. The van der Waals surface area contributed by atoms with Crippen LogP contribution in [0.5, 0.6) is 0 Å². The minimum Gasteiger partial charge on any atom is -0.399 e. The van der Waals surface area contributed by atoms with E-state index in [1.807, 2.05) is 0 Å². The summed E-state index contributed by atoms with van der Waals surface area (Å²) in [5, 5.41) is 0. The molecule has 0 saturated heterocycles. The van der Waals surface area contributed by atoms with Crippen LogP contribution >= 0.6 is 15.9 Å². The van der Waals surface area contributed by atoms with Crippen LogP contribution in [0, 0.1) is 5.82 Å². The van der Waals surface area contributed by atoms with Gasteiger partial charge in [-0.15, -0.1) is 0 Å². The Balaban J connectivity index is 2.28. The lowest BCUT2D eigenvalue weighted by Crippen LogP contribution is -2.26. The van der Waals surface area contributed by atoms with E-state index in [1.54, 1.807) is 18.2 Å². The molecule has 7 heteroatoms. The summed E-state index contributed by atoms with van der Waals surface area (Å²) in [5.74, 6) is -0.356. The summed E-state index contributed by atoms with van der Waals surface area (Å²) in [6.07, 6.45) is 0. The molecule has 2 aromatic rings. The molecule has 21 heavy (non-hydrogen) atoms. The molecule has 0 aliphatic carbocycles. The van der Waals surface area contributed by atoms with Crippen LogP contribution in [0.2, 0.25) is 0 Å². The molecule has 0 spiro atoms. The molecule has 4 nitrogen and oxygen atoms in total. The highest BCUT2D eigenvalue weighted by molar-refractivity contribution is 9.10. The molecule has 0 heterocycles. The molecule has 0 radical (unpaired) electrons. The summed E-state index contributed by atoms with van der Waals surface area (Å²) in [6.45, 7) is 0.152. The molecule has 0 bridgehead atoms. The van der Waals surface area contributed by atoms with Crippen molar-refractivity contribution in [2.24, 2.45) is 0 Å². The molecule has 0 aliphatic rings. The lowest BCUT2D eigenvalue weighted by atomic mass is 10.2. The normalized spacial score (nSPS) is 11.8. The fourth-order valence-corrected chi connectivity index (χ4v) is 4.04. The largest absolute Gasteiger partial charge is 0.399 e. The minimum atomic E-state index is -3.66. The topological polar surface area (TPSA) is 63.4 Å². The van der Waals surface area contributed by atoms with Crippen molar-refractivity contribution in [1.29, 1.82) is 0 Å². The molecule has 0 atom stereocenters. The van der Waals surface area contributed by atoms with E-state index in [1.165, 1.54) is 35.6 Å². The average Bonchev–Trinajstić information content (AvgIpc) is 2.40. The average molecular weight is 373 g/mol. The number of hydrogen-bond acceptors (Lipinski definition) is 3. The molecule has 2 rings (SSSR count). The molecule has 2 N–H and O–H groups in total. The third kappa shape index (κ3) is 3.61. The van der Waals surface area contributed by atoms with Gasteiger partial charge in [-0.2, -0.15) is 4.31 Å². The number of hydrogen-bond donors (Lipinski definition) is 1. The Morgan fingerprint density at radius 1 is 1.19 bits per heavy atom. The van der Waals surface area contributed by atoms with Gasteiger partial charge in [0, 0.05) is 23.8 Å². The molecule has 0 saturated carbocycles. The summed E-state index contributed by atoms with van der Waals surface area (Å²) in [5.41, 5.74) is 6.79. The third-order valence-electron chi connectivity index (χ3n) is 2.96. The van der Waals surface area contributed by atoms with E-state index < -0.39 is 10.0 Å². The summed E-state index contributed by atoms with van der Waals surface area (Å²) in [6, 6.07) is 10.2. The number of benzene rings is 2. The van der Waals surface area contributed by atoms with Crippen LogP contribution in [0.4, 0.5) is 10.1 Å². The fourth-order valence-electron chi connectivity index (χ4n) is 1.83. The first kappa shape index (κ1) is 15.9. The number of nitrogen functional groups attached to an aromatic ring is 1. The van der Waals surface area contributed by atoms with Crippen molar-refractivity contribution in [3.05, 3.63) is 58.3 Å². The van der Waals surface area contributed by atoms with Gasteiger partial charge in [0.2, 0.25) is 10.0 Å². The maximum absolute atomic E-state index is 12.9. The smallest absolute Gasteiger partial charge is 0.244 e. The summed E-state index contributed by atoms with van der Waals surface area (Å²) >= 11 is 3.21. The van der Waals surface area contributed by atoms with Crippen LogP contribution in [-0.4, -0.2) is 19.8 Å². The van der Waals surface area contributed by atoms with Crippen molar-refractivity contribution >= 4 is 31.6 Å². The molecular weight excluding hydrogens is 359 g/mol. The second kappa shape index (κ2) is 6.13. The van der Waals surface area contributed by atoms with Crippen LogP contribution in [0.15, 0.2) is 51.8 Å². The van der Waals surface area contributed by atoms with Gasteiger partial charge in [0.15, 0.2) is 0 Å². The van der Waals surface area contributed by atoms with Crippen LogP contribution < -0.4 is 5.73 Å². The van der Waals surface area contributed by atoms with Crippen LogP contribution in [-0.2, 0) is 16.6 Å². The molecule has 0 unspecified atom stereocenters. The zero-order valence-corrected chi connectivity index (χ0v) is 13.7. The molecular formula is C14H14BrFN2O2S. The lowest BCUT2D eigenvalue weighted by molar-refractivity contribution is 0.466. The first-order chi connectivity index (χ1) is 9.80. The first-order valence-electron chi connectivity index (χ1n) is 6.06. The quantitative estimate of drug-likeness (QED) is 0.839. The number of sulfonamides is 1. The second-order valence-electron chi connectivity index (χ2n) is 4.58. The van der Waals surface area contributed by atoms with Crippen molar-refractivity contribution in [3.8, 4) is 0 Å². The number of nitrogens with zero attached hydrogens (tertiary/aromatic N) is 1. The van der Waals surface area contributed by atoms with E-state index in [0.29, 0.717) is 15.7 Å². The van der Waals surface area contributed by atoms with Crippen molar-refractivity contribution < 1.29 is 12.8 Å². The Morgan fingerprint density at radius 2 is 1.81 bits per heavy atom. The minimum absolute atomic E-state index is 0.140. The van der Waals surface area contributed by atoms with Gasteiger partial charge in [0.1, 0.15) is 5.82 Å². The Hall–Kier alpha value is -1.44. The fraction of sp³-hybridized carbons (Fsp3) is 0.143. The van der Waals surface area contributed by atoms with E-state index in [9.17, 15) is 12.8 Å². The number of rotatable bonds is 4. The molecule has 0 aromatic heterocycles. The molecule has 0 aliphatic heterocycles. The van der Waals surface area contributed by atoms with E-state index in [-0.39, 0.29) is 17.3 Å². The first-order valence-corrected chi connectivity index (χ1v) is 8.30. The Morgan fingerprint density at radius 3 is 2.38 bits per heavy atom. The molecule has 2 aromatic carbocycles. The van der Waals surface area contributed by atoms with Gasteiger partial charge < -0.3 is 5.73 Å². The van der Waals surface area contributed by atoms with Crippen LogP contribution in [0.3, 0.4) is 0 Å². The van der Waals surface area contributed by atoms with E-state index in [2.05, 4.69) is 15.9 Å². The monoisotopic (exact) mass is 372 g/mol. The van der Waals surface area contributed by atoms with Crippen molar-refractivity contribution in [3.63, 3.8) is 0 Å². The maximum atomic E-state index is 12.9. The number of halogens is 2. The molecule has 112 valence electrons. The van der Waals surface area contributed by atoms with Gasteiger partial charge in [-0.3, -0.25) is 0 Å². The lowest BCUT2D eigenvalue weighted by Gasteiger charge is -2.18. The zero-order chi connectivity index (χ0) is 15.6. The summed E-state index contributed by atoms with van der Waals surface area (Å²) in [4.78, 5) is 0.140. The van der Waals surface area contributed by atoms with Gasteiger partial charge in [0.25, 0.3) is 0 Å². The second-order valence-corrected chi connectivity index (χ2v) is 7.45. The van der Waals surface area contributed by atoms with Gasteiger partial charge in [-0.1, -0.05) is 12.1 Å². The number of anilines is 1. The molecule has 0 fully saturated rings. The highest BCUT2D eigenvalue weighted by Crippen LogP contribution is 2.27. The summed E-state index contributed by atoms with van der Waals surface area (Å²) in [7, 11) is -2.18. The third-order valence-corrected chi connectivity index (χ3v) is 5.74. The predicted octanol–water partition coefficient (Wildman–Crippen LogP) is 2.99. The molecule has 0 amide bonds. The van der Waals surface area contributed by atoms with E-state index in [0.717, 1.165) is 0 Å². The van der Waals surface area contributed by atoms with E-state index >= 15 is 0 Å². The van der Waals surface area contributed by atoms with Gasteiger partial charge in [-0.05, 0) is 51.8 Å². The number of nitrogens with two attached hydrogens (primary N) is 1. The maximum Gasteiger partial charge on any atom is 0.244 e. The Bertz CT molecular complexity index is 748. The van der Waals surface area contributed by atoms with Crippen molar-refractivity contribution in [2.75, 3.05) is 12.8 Å². The highest BCUT2D eigenvalue weighted by Gasteiger charge is 2.23. The SMILES string of the molecule is CN(Cc1ccc(F)cc1)S(=O)(=O)c1ccc(N)cc1Br. The Kier molecular flexibility index (Phi) is 4.65. The van der Waals surface area contributed by atoms with Gasteiger partial charge in [-0.25, -0.2) is 12.8 Å².